The van der Waals surface area contributed by atoms with Crippen LogP contribution in [0, 0.1) is 11.7 Å². The number of aliphatic hydroxyl groups is 1. The van der Waals surface area contributed by atoms with Gasteiger partial charge in [0.2, 0.25) is 0 Å². The molecular weight excluding hydrogens is 393 g/mol. The van der Waals surface area contributed by atoms with Crippen LogP contribution in [0.4, 0.5) is 13.2 Å². The zero-order valence-electron chi connectivity index (χ0n) is 12.7. The number of thioether (sulfide) groups is 1. The quantitative estimate of drug-likeness (QED) is 0.785. The summed E-state index contributed by atoms with van der Waals surface area (Å²) in [5.74, 6) is -5.22. The van der Waals surface area contributed by atoms with Gasteiger partial charge >= 0.3 is 0 Å². The van der Waals surface area contributed by atoms with E-state index in [0.717, 1.165) is 0 Å². The third-order valence-electron chi connectivity index (χ3n) is 4.73. The van der Waals surface area contributed by atoms with Crippen molar-refractivity contribution in [2.24, 2.45) is 16.6 Å². The highest BCUT2D eigenvalue weighted by Crippen LogP contribution is 2.77. The zero-order chi connectivity index (χ0) is 17.4. The van der Waals surface area contributed by atoms with Crippen LogP contribution in [0.15, 0.2) is 27.7 Å². The van der Waals surface area contributed by atoms with Crippen LogP contribution in [0.1, 0.15) is 26.3 Å². The Hall–Kier alpha value is -0.730. The molecule has 3 nitrogen and oxygen atoms in total. The fraction of sp³-hybridized carbons (Fsp3) is 0.533. The summed E-state index contributed by atoms with van der Waals surface area (Å²) in [6.45, 7) is 4.09. The average Bonchev–Trinajstić information content (AvgIpc) is 2.90. The normalized spacial score (nSPS) is 35.5. The molecule has 126 valence electrons. The molecule has 1 unspecified atom stereocenters. The van der Waals surface area contributed by atoms with E-state index in [0.29, 0.717) is 16.2 Å². The number of hydrogen-bond donors (Lipinski definition) is 2. The monoisotopic (exact) mass is 408 g/mol. The van der Waals surface area contributed by atoms with Crippen LogP contribution in [-0.2, 0) is 5.54 Å². The summed E-state index contributed by atoms with van der Waals surface area (Å²) in [5, 5.41) is 10.3. The van der Waals surface area contributed by atoms with Crippen molar-refractivity contribution in [3.05, 3.63) is 34.1 Å². The van der Waals surface area contributed by atoms with E-state index in [-0.39, 0.29) is 10.7 Å². The molecule has 1 heterocycles. The Morgan fingerprint density at radius 3 is 2.57 bits per heavy atom. The molecule has 0 amide bonds. The van der Waals surface area contributed by atoms with Gasteiger partial charge in [0.15, 0.2) is 5.17 Å². The average molecular weight is 409 g/mol. The largest absolute Gasteiger partial charge is 0.389 e. The van der Waals surface area contributed by atoms with Crippen molar-refractivity contribution in [3.8, 4) is 0 Å². The number of rotatable bonds is 2. The molecule has 23 heavy (non-hydrogen) atoms. The van der Waals surface area contributed by atoms with Crippen molar-refractivity contribution >= 4 is 32.9 Å². The molecule has 3 atom stereocenters. The highest BCUT2D eigenvalue weighted by Gasteiger charge is 2.91. The molecule has 0 spiro atoms. The number of fused-ring (bicyclic) bond motifs is 1. The lowest BCUT2D eigenvalue weighted by Crippen LogP contribution is -2.47. The van der Waals surface area contributed by atoms with E-state index in [1.807, 2.05) is 0 Å². The maximum atomic E-state index is 14.8. The molecule has 1 fully saturated rings. The number of alkyl halides is 2. The predicted octanol–water partition coefficient (Wildman–Crippen LogP) is 3.64. The minimum atomic E-state index is -3.23. The predicted molar refractivity (Wildman–Crippen MR) is 88.1 cm³/mol. The molecule has 1 aliphatic carbocycles. The first-order valence-corrected chi connectivity index (χ1v) is 8.59. The molecule has 0 bridgehead atoms. The number of nitrogens with two attached hydrogens (primary N) is 1. The van der Waals surface area contributed by atoms with Crippen LogP contribution >= 0.6 is 27.7 Å². The fourth-order valence-electron chi connectivity index (χ4n) is 3.72. The van der Waals surface area contributed by atoms with E-state index >= 15 is 0 Å². The van der Waals surface area contributed by atoms with Gasteiger partial charge in [-0.1, -0.05) is 27.7 Å². The lowest BCUT2D eigenvalue weighted by Gasteiger charge is -2.37. The van der Waals surface area contributed by atoms with Crippen molar-refractivity contribution in [1.82, 2.24) is 0 Å². The van der Waals surface area contributed by atoms with Gasteiger partial charge in [0.25, 0.3) is 5.92 Å². The fourth-order valence-corrected chi connectivity index (χ4v) is 5.59. The van der Waals surface area contributed by atoms with Crippen LogP contribution in [-0.4, -0.2) is 26.5 Å². The smallest absolute Gasteiger partial charge is 0.273 e. The minimum absolute atomic E-state index is 0.0333. The summed E-state index contributed by atoms with van der Waals surface area (Å²) in [4.78, 5) is 4.17. The van der Waals surface area contributed by atoms with E-state index in [2.05, 4.69) is 20.9 Å². The zero-order valence-corrected chi connectivity index (χ0v) is 15.1. The summed E-state index contributed by atoms with van der Waals surface area (Å²) < 4.78 is 42.7. The van der Waals surface area contributed by atoms with Gasteiger partial charge in [-0.3, -0.25) is 4.99 Å². The van der Waals surface area contributed by atoms with Gasteiger partial charge in [0.05, 0.1) is 17.1 Å². The van der Waals surface area contributed by atoms with E-state index < -0.39 is 33.5 Å². The van der Waals surface area contributed by atoms with Crippen molar-refractivity contribution in [2.45, 2.75) is 42.6 Å². The van der Waals surface area contributed by atoms with E-state index in [1.165, 1.54) is 39.0 Å². The number of halogens is 4. The highest BCUT2D eigenvalue weighted by molar-refractivity contribution is 9.10. The Balaban J connectivity index is 2.24. The third kappa shape index (κ3) is 2.04. The van der Waals surface area contributed by atoms with Crippen LogP contribution in [0.5, 0.6) is 0 Å². The number of amidine groups is 1. The molecule has 0 saturated heterocycles. The van der Waals surface area contributed by atoms with E-state index in [1.54, 1.807) is 0 Å². The standard InChI is InChI=1S/C15H16BrF3N2OS/c1-12(2,22)14-10(15(14,18)19)13(3,21-11(20)23-14)8-6-7(16)4-5-9(8)17/h4-6,10,22H,1-3H3,(H2,20,21)/t10?,13-,14+/m1/s1. The third-order valence-corrected chi connectivity index (χ3v) is 6.86. The first-order chi connectivity index (χ1) is 10.4. The van der Waals surface area contributed by atoms with Gasteiger partial charge in [-0.2, -0.15) is 0 Å². The van der Waals surface area contributed by atoms with Crippen LogP contribution in [0.3, 0.4) is 0 Å². The Bertz CT molecular complexity index is 721. The summed E-state index contributed by atoms with van der Waals surface area (Å²) >= 11 is 3.91. The Morgan fingerprint density at radius 2 is 2.00 bits per heavy atom. The van der Waals surface area contributed by atoms with Crippen LogP contribution in [0.2, 0.25) is 0 Å². The molecule has 1 saturated carbocycles. The van der Waals surface area contributed by atoms with Gasteiger partial charge in [-0.05, 0) is 39.0 Å². The second kappa shape index (κ2) is 4.67. The molecule has 1 aromatic carbocycles. The second-order valence-corrected chi connectivity index (χ2v) is 8.86. The van der Waals surface area contributed by atoms with E-state index in [4.69, 9.17) is 5.73 Å². The lowest BCUT2D eigenvalue weighted by molar-refractivity contribution is 0.0124. The van der Waals surface area contributed by atoms with Crippen molar-refractivity contribution in [1.29, 1.82) is 0 Å². The molecule has 2 aliphatic rings. The SMILES string of the molecule is CC(C)(O)[C@@]12SC(N)=N[C@](C)(c3cc(Br)ccc3F)C1C2(F)F. The highest BCUT2D eigenvalue weighted by atomic mass is 79.9. The summed E-state index contributed by atoms with van der Waals surface area (Å²) in [6, 6.07) is 4.12. The van der Waals surface area contributed by atoms with E-state index in [9.17, 15) is 18.3 Å². The van der Waals surface area contributed by atoms with Gasteiger partial charge in [-0.15, -0.1) is 0 Å². The molecule has 0 aromatic heterocycles. The first-order valence-electron chi connectivity index (χ1n) is 6.98. The topological polar surface area (TPSA) is 58.6 Å². The van der Waals surface area contributed by atoms with Crippen molar-refractivity contribution in [3.63, 3.8) is 0 Å². The summed E-state index contributed by atoms with van der Waals surface area (Å²) in [7, 11) is 0. The van der Waals surface area contributed by atoms with Crippen molar-refractivity contribution in [2.75, 3.05) is 0 Å². The van der Waals surface area contributed by atoms with Crippen LogP contribution in [0.25, 0.3) is 0 Å². The first kappa shape index (κ1) is 17.1. The number of benzene rings is 1. The molecule has 1 aliphatic heterocycles. The maximum absolute atomic E-state index is 14.8. The molecule has 1 aromatic rings. The van der Waals surface area contributed by atoms with Gasteiger partial charge in [0, 0.05) is 10.0 Å². The maximum Gasteiger partial charge on any atom is 0.273 e. The van der Waals surface area contributed by atoms with Gasteiger partial charge in [0.1, 0.15) is 10.6 Å². The minimum Gasteiger partial charge on any atom is -0.389 e. The summed E-state index contributed by atoms with van der Waals surface area (Å²) in [5.41, 5.74) is 2.55. The van der Waals surface area contributed by atoms with Gasteiger partial charge in [-0.25, -0.2) is 13.2 Å². The van der Waals surface area contributed by atoms with Gasteiger partial charge < -0.3 is 10.8 Å². The molecule has 3 N–H and O–H groups in total. The molecule has 0 radical (unpaired) electrons. The lowest BCUT2D eigenvalue weighted by atomic mass is 9.83. The van der Waals surface area contributed by atoms with Crippen LogP contribution < -0.4 is 5.73 Å². The Morgan fingerprint density at radius 1 is 1.39 bits per heavy atom. The Kier molecular flexibility index (Phi) is 3.47. The second-order valence-electron chi connectivity index (χ2n) is 6.67. The molecule has 8 heteroatoms. The number of hydrogen-bond acceptors (Lipinski definition) is 4. The Labute approximate surface area is 144 Å². The molecular formula is C15H16BrF3N2OS. The number of nitrogens with zero attached hydrogens (tertiary/aromatic N) is 1. The number of aliphatic imine (C=N–C) groups is 1. The van der Waals surface area contributed by atoms with Crippen molar-refractivity contribution < 1.29 is 18.3 Å². The molecule has 3 rings (SSSR count). The summed E-state index contributed by atoms with van der Waals surface area (Å²) in [6.07, 6.45) is 0.